The minimum atomic E-state index is -0.596. The van der Waals surface area contributed by atoms with Crippen LogP contribution in [-0.4, -0.2) is 34.8 Å². The van der Waals surface area contributed by atoms with Gasteiger partial charge in [-0.1, -0.05) is 30.0 Å². The molecule has 0 spiro atoms. The lowest BCUT2D eigenvalue weighted by Crippen LogP contribution is -2.41. The van der Waals surface area contributed by atoms with E-state index in [1.54, 1.807) is 31.2 Å². The molecule has 2 aromatic carbocycles. The van der Waals surface area contributed by atoms with Gasteiger partial charge in [-0.05, 0) is 43.3 Å². The molecule has 1 atom stereocenters. The van der Waals surface area contributed by atoms with Crippen molar-refractivity contribution in [2.45, 2.75) is 18.6 Å². The number of benzene rings is 2. The van der Waals surface area contributed by atoms with E-state index in [1.807, 2.05) is 30.3 Å². The van der Waals surface area contributed by atoms with Crippen molar-refractivity contribution in [1.29, 1.82) is 0 Å². The number of hydrogen-bond donors (Lipinski definition) is 2. The number of amides is 2. The Morgan fingerprint density at radius 1 is 1.18 bits per heavy atom. The topological polar surface area (TPSA) is 96.9 Å². The third kappa shape index (κ3) is 5.20. The largest absolute Gasteiger partial charge is 0.462 e. The first-order valence-corrected chi connectivity index (χ1v) is 9.61. The van der Waals surface area contributed by atoms with E-state index in [9.17, 15) is 14.4 Å². The molecule has 0 saturated carbocycles. The van der Waals surface area contributed by atoms with Crippen LogP contribution in [0.1, 0.15) is 23.7 Å². The van der Waals surface area contributed by atoms with E-state index >= 15 is 0 Å². The van der Waals surface area contributed by atoms with Gasteiger partial charge in [-0.25, -0.2) is 9.79 Å². The molecular weight excluding hydrogens is 378 g/mol. The standard InChI is InChI=1S/C20H19N3O4S/c1-2-27-19(26)13-8-10-15(11-9-13)21-18(25)16-12-17(24)23-20(28-16)22-14-6-4-3-5-7-14/h3-11,16H,2,12H2,1H3,(H,21,25)(H,22,23,24)/t16-/m0/s1. The monoisotopic (exact) mass is 397 g/mol. The van der Waals surface area contributed by atoms with Gasteiger partial charge in [0.15, 0.2) is 5.17 Å². The van der Waals surface area contributed by atoms with Crippen molar-refractivity contribution in [1.82, 2.24) is 5.32 Å². The Balaban J connectivity index is 1.65. The summed E-state index contributed by atoms with van der Waals surface area (Å²) < 4.78 is 4.93. The number of carbonyl (C=O) groups excluding carboxylic acids is 3. The molecule has 2 N–H and O–H groups in total. The third-order valence-corrected chi connectivity index (χ3v) is 4.90. The molecule has 1 fully saturated rings. The number of carbonyl (C=O) groups is 3. The second-order valence-corrected chi connectivity index (χ2v) is 7.09. The number of hydrogen-bond acceptors (Lipinski definition) is 6. The van der Waals surface area contributed by atoms with Gasteiger partial charge in [0.2, 0.25) is 11.8 Å². The first kappa shape index (κ1) is 19.6. The maximum absolute atomic E-state index is 12.6. The van der Waals surface area contributed by atoms with Crippen LogP contribution in [0, 0.1) is 0 Å². The number of amidine groups is 1. The number of nitrogens with zero attached hydrogens (tertiary/aromatic N) is 1. The second-order valence-electron chi connectivity index (χ2n) is 5.90. The van der Waals surface area contributed by atoms with Crippen LogP contribution in [0.5, 0.6) is 0 Å². The van der Waals surface area contributed by atoms with Gasteiger partial charge in [-0.2, -0.15) is 0 Å². The Labute approximate surface area is 166 Å². The minimum absolute atomic E-state index is 0.0607. The summed E-state index contributed by atoms with van der Waals surface area (Å²) in [6.07, 6.45) is 0.0607. The lowest BCUT2D eigenvalue weighted by Gasteiger charge is -2.22. The third-order valence-electron chi connectivity index (χ3n) is 3.81. The van der Waals surface area contributed by atoms with Gasteiger partial charge in [-0.3, -0.25) is 9.59 Å². The van der Waals surface area contributed by atoms with E-state index in [4.69, 9.17) is 4.74 Å². The minimum Gasteiger partial charge on any atom is -0.462 e. The fourth-order valence-electron chi connectivity index (χ4n) is 2.49. The summed E-state index contributed by atoms with van der Waals surface area (Å²) in [5.41, 5.74) is 1.63. The zero-order chi connectivity index (χ0) is 19.9. The van der Waals surface area contributed by atoms with Crippen LogP contribution in [-0.2, 0) is 14.3 Å². The van der Waals surface area contributed by atoms with Crippen molar-refractivity contribution in [3.63, 3.8) is 0 Å². The van der Waals surface area contributed by atoms with Crippen molar-refractivity contribution in [2.24, 2.45) is 4.99 Å². The summed E-state index contributed by atoms with van der Waals surface area (Å²) in [6.45, 7) is 2.03. The lowest BCUT2D eigenvalue weighted by molar-refractivity contribution is -0.123. The quantitative estimate of drug-likeness (QED) is 0.756. The summed E-state index contributed by atoms with van der Waals surface area (Å²) in [7, 11) is 0. The number of thioether (sulfide) groups is 1. The van der Waals surface area contributed by atoms with Gasteiger partial charge in [0, 0.05) is 12.1 Å². The van der Waals surface area contributed by atoms with E-state index in [2.05, 4.69) is 15.6 Å². The van der Waals surface area contributed by atoms with Gasteiger partial charge in [0.1, 0.15) is 5.25 Å². The average molecular weight is 397 g/mol. The fraction of sp³-hybridized carbons (Fsp3) is 0.200. The van der Waals surface area contributed by atoms with Crippen molar-refractivity contribution < 1.29 is 19.1 Å². The predicted molar refractivity (Wildman–Crippen MR) is 109 cm³/mol. The molecule has 2 amide bonds. The van der Waals surface area contributed by atoms with Gasteiger partial charge < -0.3 is 15.4 Å². The molecule has 1 aliphatic rings. The number of nitrogens with one attached hydrogen (secondary N) is 2. The maximum Gasteiger partial charge on any atom is 0.338 e. The lowest BCUT2D eigenvalue weighted by atomic mass is 10.2. The van der Waals surface area contributed by atoms with Crippen molar-refractivity contribution >= 4 is 46.1 Å². The summed E-state index contributed by atoms with van der Waals surface area (Å²) >= 11 is 1.20. The number of anilines is 1. The molecule has 0 bridgehead atoms. The molecular formula is C20H19N3O4S. The van der Waals surface area contributed by atoms with Crippen LogP contribution in [0.2, 0.25) is 0 Å². The Morgan fingerprint density at radius 3 is 2.57 bits per heavy atom. The molecule has 1 saturated heterocycles. The van der Waals surface area contributed by atoms with E-state index in [-0.39, 0.29) is 18.2 Å². The number of ether oxygens (including phenoxy) is 1. The Hall–Kier alpha value is -3.13. The van der Waals surface area contributed by atoms with Crippen molar-refractivity contribution in [3.8, 4) is 0 Å². The smallest absolute Gasteiger partial charge is 0.338 e. The van der Waals surface area contributed by atoms with Gasteiger partial charge >= 0.3 is 5.97 Å². The van der Waals surface area contributed by atoms with Gasteiger partial charge in [0.25, 0.3) is 0 Å². The normalized spacial score (nSPS) is 17.7. The van der Waals surface area contributed by atoms with E-state index in [1.165, 1.54) is 11.8 Å². The van der Waals surface area contributed by atoms with Crippen LogP contribution in [0.3, 0.4) is 0 Å². The molecule has 3 rings (SSSR count). The summed E-state index contributed by atoms with van der Waals surface area (Å²) in [4.78, 5) is 40.6. The van der Waals surface area contributed by atoms with Crippen molar-refractivity contribution in [3.05, 3.63) is 60.2 Å². The molecule has 0 aliphatic carbocycles. The number of esters is 1. The first-order chi connectivity index (χ1) is 13.5. The summed E-state index contributed by atoms with van der Waals surface area (Å²) in [5.74, 6) is -0.975. The first-order valence-electron chi connectivity index (χ1n) is 8.73. The average Bonchev–Trinajstić information content (AvgIpc) is 2.69. The van der Waals surface area contributed by atoms with Crippen LogP contribution < -0.4 is 10.6 Å². The van der Waals surface area contributed by atoms with E-state index in [0.717, 1.165) is 0 Å². The molecule has 1 aliphatic heterocycles. The zero-order valence-corrected chi connectivity index (χ0v) is 16.0. The molecule has 144 valence electrons. The number of aliphatic imine (C=N–C) groups is 1. The maximum atomic E-state index is 12.6. The second kappa shape index (κ2) is 9.18. The molecule has 28 heavy (non-hydrogen) atoms. The zero-order valence-electron chi connectivity index (χ0n) is 15.2. The SMILES string of the molecule is CCOC(=O)c1ccc(NC(=O)[C@@H]2CC(=O)NC(=Nc3ccccc3)S2)cc1. The van der Waals surface area contributed by atoms with Gasteiger partial charge in [-0.15, -0.1) is 0 Å². The summed E-state index contributed by atoms with van der Waals surface area (Å²) in [6, 6.07) is 15.6. The predicted octanol–water partition coefficient (Wildman–Crippen LogP) is 3.11. The Kier molecular flexibility index (Phi) is 6.44. The van der Waals surface area contributed by atoms with Crippen LogP contribution in [0.25, 0.3) is 0 Å². The molecule has 0 aromatic heterocycles. The molecule has 2 aromatic rings. The molecule has 0 radical (unpaired) electrons. The molecule has 8 heteroatoms. The molecule has 1 heterocycles. The highest BCUT2D eigenvalue weighted by Crippen LogP contribution is 2.25. The Bertz CT molecular complexity index is 897. The highest BCUT2D eigenvalue weighted by Gasteiger charge is 2.30. The molecule has 0 unspecified atom stereocenters. The van der Waals surface area contributed by atoms with Crippen LogP contribution >= 0.6 is 11.8 Å². The van der Waals surface area contributed by atoms with E-state index in [0.29, 0.717) is 28.7 Å². The number of para-hydroxylation sites is 1. The molecule has 7 nitrogen and oxygen atoms in total. The van der Waals surface area contributed by atoms with E-state index < -0.39 is 11.2 Å². The van der Waals surface area contributed by atoms with Crippen LogP contribution in [0.4, 0.5) is 11.4 Å². The highest BCUT2D eigenvalue weighted by atomic mass is 32.2. The Morgan fingerprint density at radius 2 is 1.89 bits per heavy atom. The van der Waals surface area contributed by atoms with Crippen LogP contribution in [0.15, 0.2) is 59.6 Å². The highest BCUT2D eigenvalue weighted by molar-refractivity contribution is 8.15. The van der Waals surface area contributed by atoms with Crippen molar-refractivity contribution in [2.75, 3.05) is 11.9 Å². The van der Waals surface area contributed by atoms with Gasteiger partial charge in [0.05, 0.1) is 17.9 Å². The number of rotatable bonds is 5. The fourth-order valence-corrected chi connectivity index (χ4v) is 3.49. The summed E-state index contributed by atoms with van der Waals surface area (Å²) in [5, 5.41) is 5.25.